The van der Waals surface area contributed by atoms with E-state index >= 15 is 0 Å². The van der Waals surface area contributed by atoms with Gasteiger partial charge in [-0.25, -0.2) is 0 Å². The van der Waals surface area contributed by atoms with Crippen molar-refractivity contribution in [2.75, 3.05) is 7.11 Å². The summed E-state index contributed by atoms with van der Waals surface area (Å²) >= 11 is 0. The lowest BCUT2D eigenvalue weighted by Gasteiger charge is -2.38. The summed E-state index contributed by atoms with van der Waals surface area (Å²) in [6.45, 7) is 0. The van der Waals surface area contributed by atoms with Gasteiger partial charge in [-0.3, -0.25) is 4.79 Å². The van der Waals surface area contributed by atoms with Crippen LogP contribution >= 0.6 is 0 Å². The van der Waals surface area contributed by atoms with Gasteiger partial charge >= 0.3 is 6.18 Å². The molecule has 0 saturated heterocycles. The molecule has 0 heterocycles. The van der Waals surface area contributed by atoms with Gasteiger partial charge in [0.25, 0.3) is 0 Å². The molecular formula is C10H15F3O2. The highest BCUT2D eigenvalue weighted by atomic mass is 19.4. The maximum Gasteiger partial charge on any atom is 0.389 e. The van der Waals surface area contributed by atoms with Gasteiger partial charge in [0.05, 0.1) is 0 Å². The number of Topliss-reactive ketones (excluding diaryl/α,β-unsaturated/α-hetero) is 1. The smallest absolute Gasteiger partial charge is 0.370 e. The third kappa shape index (κ3) is 3.19. The normalized spacial score (nSPS) is 19.7. The van der Waals surface area contributed by atoms with Crippen molar-refractivity contribution in [1.82, 2.24) is 0 Å². The van der Waals surface area contributed by atoms with Crippen LogP contribution in [-0.4, -0.2) is 24.7 Å². The van der Waals surface area contributed by atoms with E-state index in [4.69, 9.17) is 4.74 Å². The molecule has 15 heavy (non-hydrogen) atoms. The first-order valence-electron chi connectivity index (χ1n) is 5.05. The van der Waals surface area contributed by atoms with E-state index in [1.54, 1.807) is 0 Å². The Morgan fingerprint density at radius 1 is 1.40 bits per heavy atom. The zero-order valence-electron chi connectivity index (χ0n) is 8.69. The Bertz CT molecular complexity index is 226. The Morgan fingerprint density at radius 2 is 2.00 bits per heavy atom. The molecule has 88 valence electrons. The van der Waals surface area contributed by atoms with E-state index in [0.717, 1.165) is 6.42 Å². The zero-order valence-corrected chi connectivity index (χ0v) is 8.69. The van der Waals surface area contributed by atoms with Crippen LogP contribution in [0.1, 0.15) is 38.5 Å². The number of halogens is 3. The van der Waals surface area contributed by atoms with Crippen molar-refractivity contribution in [2.45, 2.75) is 50.3 Å². The molecule has 1 fully saturated rings. The molecule has 0 aromatic rings. The second-order valence-electron chi connectivity index (χ2n) is 3.94. The summed E-state index contributed by atoms with van der Waals surface area (Å²) in [7, 11) is 1.45. The summed E-state index contributed by atoms with van der Waals surface area (Å²) in [6.07, 6.45) is -3.01. The van der Waals surface area contributed by atoms with Gasteiger partial charge in [-0.1, -0.05) is 0 Å². The number of alkyl halides is 3. The van der Waals surface area contributed by atoms with E-state index < -0.39 is 18.2 Å². The predicted molar refractivity (Wildman–Crippen MR) is 48.5 cm³/mol. The minimum Gasteiger partial charge on any atom is -0.370 e. The van der Waals surface area contributed by atoms with Crippen molar-refractivity contribution >= 4 is 5.78 Å². The fourth-order valence-electron chi connectivity index (χ4n) is 1.77. The molecule has 5 heteroatoms. The van der Waals surface area contributed by atoms with Crippen molar-refractivity contribution in [3.05, 3.63) is 0 Å². The molecule has 0 bridgehead atoms. The molecule has 0 spiro atoms. The fraction of sp³-hybridized carbons (Fsp3) is 0.900. The fourth-order valence-corrected chi connectivity index (χ4v) is 1.77. The summed E-state index contributed by atoms with van der Waals surface area (Å²) < 4.78 is 40.6. The van der Waals surface area contributed by atoms with E-state index in [2.05, 4.69) is 0 Å². The highest BCUT2D eigenvalue weighted by Gasteiger charge is 2.43. The number of methoxy groups -OCH3 is 1. The lowest BCUT2D eigenvalue weighted by molar-refractivity contribution is -0.154. The van der Waals surface area contributed by atoms with Gasteiger partial charge in [0.15, 0.2) is 5.78 Å². The van der Waals surface area contributed by atoms with E-state index in [1.807, 2.05) is 0 Å². The Labute approximate surface area is 86.8 Å². The van der Waals surface area contributed by atoms with Crippen molar-refractivity contribution in [1.29, 1.82) is 0 Å². The number of ether oxygens (including phenoxy) is 1. The van der Waals surface area contributed by atoms with E-state index in [0.29, 0.717) is 12.8 Å². The lowest BCUT2D eigenvalue weighted by atomic mass is 9.75. The average Bonchev–Trinajstić information content (AvgIpc) is 2.00. The highest BCUT2D eigenvalue weighted by molar-refractivity contribution is 5.88. The molecule has 0 N–H and O–H groups in total. The van der Waals surface area contributed by atoms with Crippen molar-refractivity contribution in [3.8, 4) is 0 Å². The van der Waals surface area contributed by atoms with Gasteiger partial charge in [0, 0.05) is 20.0 Å². The molecule has 0 aromatic carbocycles. The number of hydrogen-bond acceptors (Lipinski definition) is 2. The Kier molecular flexibility index (Phi) is 3.76. The second-order valence-corrected chi connectivity index (χ2v) is 3.94. The molecule has 0 atom stereocenters. The van der Waals surface area contributed by atoms with E-state index in [-0.39, 0.29) is 18.6 Å². The molecule has 1 saturated carbocycles. The van der Waals surface area contributed by atoms with Crippen LogP contribution in [-0.2, 0) is 9.53 Å². The molecule has 0 unspecified atom stereocenters. The topological polar surface area (TPSA) is 26.3 Å². The Morgan fingerprint density at radius 3 is 2.33 bits per heavy atom. The predicted octanol–water partition coefficient (Wildman–Crippen LogP) is 2.86. The van der Waals surface area contributed by atoms with Crippen LogP contribution in [0.2, 0.25) is 0 Å². The quantitative estimate of drug-likeness (QED) is 0.717. The summed E-state index contributed by atoms with van der Waals surface area (Å²) in [5, 5.41) is 0. The van der Waals surface area contributed by atoms with Crippen LogP contribution in [0.15, 0.2) is 0 Å². The minimum absolute atomic E-state index is 0.0344. The van der Waals surface area contributed by atoms with Crippen LogP contribution < -0.4 is 0 Å². The summed E-state index contributed by atoms with van der Waals surface area (Å²) in [5.74, 6) is -0.180. The van der Waals surface area contributed by atoms with Gasteiger partial charge in [-0.05, 0) is 25.7 Å². The number of hydrogen-bond donors (Lipinski definition) is 0. The van der Waals surface area contributed by atoms with Crippen LogP contribution in [0.3, 0.4) is 0 Å². The Hall–Kier alpha value is -0.580. The van der Waals surface area contributed by atoms with E-state index in [9.17, 15) is 18.0 Å². The van der Waals surface area contributed by atoms with Gasteiger partial charge in [0.1, 0.15) is 5.60 Å². The number of carbonyl (C=O) groups excluding carboxylic acids is 1. The number of carbonyl (C=O) groups is 1. The maximum absolute atomic E-state index is 11.8. The van der Waals surface area contributed by atoms with Gasteiger partial charge in [-0.15, -0.1) is 0 Å². The lowest BCUT2D eigenvalue weighted by Crippen LogP contribution is -2.47. The van der Waals surface area contributed by atoms with E-state index in [1.165, 1.54) is 7.11 Å². The SMILES string of the molecule is COC1(C(=O)CCCC(F)(F)F)CCC1. The van der Waals surface area contributed by atoms with Crippen LogP contribution in [0, 0.1) is 0 Å². The third-order valence-electron chi connectivity index (χ3n) is 2.92. The zero-order chi connectivity index (χ0) is 11.5. The van der Waals surface area contributed by atoms with Crippen molar-refractivity contribution in [3.63, 3.8) is 0 Å². The molecule has 2 nitrogen and oxygen atoms in total. The van der Waals surface area contributed by atoms with Gasteiger partial charge < -0.3 is 4.74 Å². The summed E-state index contributed by atoms with van der Waals surface area (Å²) in [6, 6.07) is 0. The molecule has 1 aliphatic carbocycles. The molecule has 0 radical (unpaired) electrons. The summed E-state index contributed by atoms with van der Waals surface area (Å²) in [5.41, 5.74) is -0.758. The largest absolute Gasteiger partial charge is 0.389 e. The molecule has 1 rings (SSSR count). The highest BCUT2D eigenvalue weighted by Crippen LogP contribution is 2.37. The molecule has 0 aromatic heterocycles. The van der Waals surface area contributed by atoms with Crippen molar-refractivity contribution in [2.24, 2.45) is 0 Å². The molecule has 0 aliphatic heterocycles. The monoisotopic (exact) mass is 224 g/mol. The number of ketones is 1. The second kappa shape index (κ2) is 4.51. The maximum atomic E-state index is 11.8. The standard InChI is InChI=1S/C10H15F3O2/c1-15-9(5-3-6-9)8(14)4-2-7-10(11,12)13/h2-7H2,1H3. The first-order chi connectivity index (χ1) is 6.90. The summed E-state index contributed by atoms with van der Waals surface area (Å²) in [4.78, 5) is 11.6. The van der Waals surface area contributed by atoms with Crippen LogP contribution in [0.5, 0.6) is 0 Å². The Balaban J connectivity index is 2.30. The molecule has 0 amide bonds. The first-order valence-corrected chi connectivity index (χ1v) is 5.05. The van der Waals surface area contributed by atoms with Crippen LogP contribution in [0.25, 0.3) is 0 Å². The van der Waals surface area contributed by atoms with Crippen LogP contribution in [0.4, 0.5) is 13.2 Å². The minimum atomic E-state index is -4.17. The van der Waals surface area contributed by atoms with Crippen molar-refractivity contribution < 1.29 is 22.7 Å². The first kappa shape index (κ1) is 12.5. The van der Waals surface area contributed by atoms with Gasteiger partial charge in [-0.2, -0.15) is 13.2 Å². The average molecular weight is 224 g/mol. The third-order valence-corrected chi connectivity index (χ3v) is 2.92. The molecule has 1 aliphatic rings. The molecular weight excluding hydrogens is 209 g/mol. The van der Waals surface area contributed by atoms with Gasteiger partial charge in [0.2, 0.25) is 0 Å². The number of rotatable bonds is 5.